The van der Waals surface area contributed by atoms with Crippen LogP contribution in [-0.4, -0.2) is 69.0 Å². The molecule has 1 atom stereocenters. The van der Waals surface area contributed by atoms with Gasteiger partial charge in [-0.1, -0.05) is 18.2 Å². The van der Waals surface area contributed by atoms with Crippen molar-refractivity contribution in [2.24, 2.45) is 0 Å². The molecular formula is C15H27ClN2O2. The van der Waals surface area contributed by atoms with Crippen molar-refractivity contribution in [1.29, 1.82) is 0 Å². The van der Waals surface area contributed by atoms with Crippen LogP contribution >= 0.6 is 0 Å². The van der Waals surface area contributed by atoms with E-state index in [2.05, 4.69) is 21.1 Å². The van der Waals surface area contributed by atoms with Crippen molar-refractivity contribution in [1.82, 2.24) is 4.90 Å². The van der Waals surface area contributed by atoms with E-state index in [0.29, 0.717) is 11.9 Å². The van der Waals surface area contributed by atoms with Gasteiger partial charge in [-0.15, -0.1) is 0 Å². The molecule has 1 saturated heterocycles. The van der Waals surface area contributed by atoms with Crippen molar-refractivity contribution in [2.45, 2.75) is 12.6 Å². The van der Waals surface area contributed by atoms with E-state index in [9.17, 15) is 5.11 Å². The summed E-state index contributed by atoms with van der Waals surface area (Å²) in [6.07, 6.45) is 0.565. The van der Waals surface area contributed by atoms with Crippen LogP contribution in [0.2, 0.25) is 0 Å². The molecule has 1 aromatic carbocycles. The van der Waals surface area contributed by atoms with E-state index in [4.69, 9.17) is 4.74 Å². The summed E-state index contributed by atoms with van der Waals surface area (Å²) in [4.78, 5) is 2.02. The van der Waals surface area contributed by atoms with Crippen LogP contribution in [0.4, 0.5) is 0 Å². The molecule has 0 bridgehead atoms. The fourth-order valence-electron chi connectivity index (χ4n) is 1.77. The summed E-state index contributed by atoms with van der Waals surface area (Å²) in [7, 11) is 10.5. The van der Waals surface area contributed by atoms with Gasteiger partial charge in [-0.3, -0.25) is 0 Å². The predicted molar refractivity (Wildman–Crippen MR) is 78.1 cm³/mol. The molecule has 0 radical (unpaired) electrons. The highest BCUT2D eigenvalue weighted by Crippen LogP contribution is 2.16. The molecule has 1 N–H and O–H groups in total. The first-order valence-corrected chi connectivity index (χ1v) is 6.61. The van der Waals surface area contributed by atoms with E-state index in [-0.39, 0.29) is 12.4 Å². The summed E-state index contributed by atoms with van der Waals surface area (Å²) in [6, 6.07) is 7.39. The fourth-order valence-corrected chi connectivity index (χ4v) is 1.77. The summed E-state index contributed by atoms with van der Waals surface area (Å²) in [5.41, 5.74) is 0.970. The minimum Gasteiger partial charge on any atom is -1.00 e. The summed E-state index contributed by atoms with van der Waals surface area (Å²) in [5, 5.41) is 9.33. The van der Waals surface area contributed by atoms with Gasteiger partial charge in [0.1, 0.15) is 18.4 Å². The number of quaternary nitrogens is 1. The maximum atomic E-state index is 9.33. The number of aromatic hydroxyl groups is 1. The second-order valence-electron chi connectivity index (χ2n) is 6.29. The number of rotatable bonds is 4. The Labute approximate surface area is 129 Å². The van der Waals surface area contributed by atoms with Crippen molar-refractivity contribution < 1.29 is 26.7 Å². The molecule has 20 heavy (non-hydrogen) atoms. The quantitative estimate of drug-likeness (QED) is 0.546. The zero-order valence-electron chi connectivity index (χ0n) is 13.1. The summed E-state index contributed by atoms with van der Waals surface area (Å²) in [5.74, 6) is 0.376. The van der Waals surface area contributed by atoms with Gasteiger partial charge in [-0.05, 0) is 20.2 Å². The third-order valence-corrected chi connectivity index (χ3v) is 2.63. The number of halogens is 1. The number of benzene rings is 1. The Bertz CT molecular complexity index is 388. The zero-order valence-corrected chi connectivity index (χ0v) is 13.9. The monoisotopic (exact) mass is 302 g/mol. The van der Waals surface area contributed by atoms with Gasteiger partial charge in [0, 0.05) is 12.1 Å². The van der Waals surface area contributed by atoms with Crippen LogP contribution in [0.3, 0.4) is 0 Å². The number of para-hydroxylation sites is 1. The first-order valence-electron chi connectivity index (χ1n) is 6.61. The van der Waals surface area contributed by atoms with E-state index in [1.54, 1.807) is 6.07 Å². The van der Waals surface area contributed by atoms with Crippen LogP contribution in [0, 0.1) is 0 Å². The first-order chi connectivity index (χ1) is 8.78. The average molecular weight is 303 g/mol. The third-order valence-electron chi connectivity index (χ3n) is 2.63. The van der Waals surface area contributed by atoms with Crippen LogP contribution in [0.15, 0.2) is 24.3 Å². The molecule has 0 aliphatic carbocycles. The van der Waals surface area contributed by atoms with Crippen molar-refractivity contribution in [2.75, 3.05) is 48.4 Å². The largest absolute Gasteiger partial charge is 1.00 e. The number of ether oxygens (including phenoxy) is 1. The average Bonchev–Trinajstić information content (AvgIpc) is 3.03. The number of phenols is 1. The number of epoxide rings is 1. The van der Waals surface area contributed by atoms with E-state index in [1.807, 2.05) is 37.2 Å². The number of phenolic OH excluding ortho intramolecular Hbond substituents is 1. The number of hydrogen-bond acceptors (Lipinski definition) is 3. The molecular weight excluding hydrogens is 276 g/mol. The molecule has 1 heterocycles. The third kappa shape index (κ3) is 9.15. The van der Waals surface area contributed by atoms with Crippen molar-refractivity contribution in [3.8, 4) is 5.75 Å². The van der Waals surface area contributed by atoms with Crippen molar-refractivity contribution in [3.63, 3.8) is 0 Å². The van der Waals surface area contributed by atoms with E-state index in [1.165, 1.54) is 0 Å². The molecule has 4 nitrogen and oxygen atoms in total. The molecule has 1 fully saturated rings. The van der Waals surface area contributed by atoms with Gasteiger partial charge < -0.3 is 31.6 Å². The van der Waals surface area contributed by atoms with Gasteiger partial charge in [0.2, 0.25) is 0 Å². The summed E-state index contributed by atoms with van der Waals surface area (Å²) < 4.78 is 6.09. The smallest absolute Gasteiger partial charge is 0.130 e. The molecule has 5 heteroatoms. The van der Waals surface area contributed by atoms with E-state index < -0.39 is 0 Å². The highest BCUT2D eigenvalue weighted by molar-refractivity contribution is 5.31. The van der Waals surface area contributed by atoms with Gasteiger partial charge in [0.05, 0.1) is 27.7 Å². The van der Waals surface area contributed by atoms with Gasteiger partial charge in [0.15, 0.2) is 0 Å². The normalized spacial score (nSPS) is 17.0. The first kappa shape index (κ1) is 19.2. The molecule has 2 rings (SSSR count). The second-order valence-corrected chi connectivity index (χ2v) is 6.29. The summed E-state index contributed by atoms with van der Waals surface area (Å²) >= 11 is 0. The number of nitrogens with zero attached hydrogens (tertiary/aromatic N) is 2. The Morgan fingerprint density at radius 1 is 1.25 bits per heavy atom. The molecule has 1 aliphatic rings. The molecule has 1 unspecified atom stereocenters. The molecule has 116 valence electrons. The Morgan fingerprint density at radius 2 is 1.80 bits per heavy atom. The van der Waals surface area contributed by atoms with Crippen LogP contribution in [0.1, 0.15) is 5.56 Å². The minimum atomic E-state index is 0. The number of likely N-dealkylation sites (N-methyl/N-ethyl adjacent to an activating group) is 1. The van der Waals surface area contributed by atoms with Gasteiger partial charge in [0.25, 0.3) is 0 Å². The Hall–Kier alpha value is -0.810. The maximum Gasteiger partial charge on any atom is 0.130 e. The second kappa shape index (κ2) is 8.47. The topological polar surface area (TPSA) is 36.0 Å². The van der Waals surface area contributed by atoms with Crippen LogP contribution in [0.25, 0.3) is 0 Å². The lowest BCUT2D eigenvalue weighted by Gasteiger charge is -2.22. The lowest BCUT2D eigenvalue weighted by atomic mass is 10.2. The van der Waals surface area contributed by atoms with E-state index >= 15 is 0 Å². The zero-order chi connectivity index (χ0) is 14.5. The van der Waals surface area contributed by atoms with Gasteiger partial charge in [-0.25, -0.2) is 0 Å². The Balaban J connectivity index is 0.000000359. The highest BCUT2D eigenvalue weighted by atomic mass is 35.5. The molecule has 0 amide bonds. The number of hydrogen-bond donors (Lipinski definition) is 1. The van der Waals surface area contributed by atoms with Crippen LogP contribution < -0.4 is 12.4 Å². The minimum absolute atomic E-state index is 0. The standard InChI is InChI=1S/C9H13NO.C6H14NO.ClH/c1-10(2)7-8-5-3-4-6-9(8)11;1-7(2,3)4-6-5-8-6;/h3-6,11H,7H2,1-2H3;6H,4-5H2,1-3H3;1H/q;+1;/p-1. The molecule has 0 saturated carbocycles. The lowest BCUT2D eigenvalue weighted by molar-refractivity contribution is -0.870. The Morgan fingerprint density at radius 3 is 2.15 bits per heavy atom. The maximum absolute atomic E-state index is 9.33. The van der Waals surface area contributed by atoms with Crippen molar-refractivity contribution >= 4 is 0 Å². The Kier molecular flexibility index (Phi) is 8.13. The molecule has 1 aliphatic heterocycles. The molecule has 0 spiro atoms. The predicted octanol–water partition coefficient (Wildman–Crippen LogP) is -1.45. The van der Waals surface area contributed by atoms with Crippen molar-refractivity contribution in [3.05, 3.63) is 29.8 Å². The lowest BCUT2D eigenvalue weighted by Crippen LogP contribution is -3.00. The van der Waals surface area contributed by atoms with Gasteiger partial charge in [-0.2, -0.15) is 0 Å². The van der Waals surface area contributed by atoms with Crippen LogP contribution in [-0.2, 0) is 11.3 Å². The van der Waals surface area contributed by atoms with Crippen LogP contribution in [0.5, 0.6) is 5.75 Å². The molecule has 0 aromatic heterocycles. The highest BCUT2D eigenvalue weighted by Gasteiger charge is 2.28. The SMILES string of the molecule is CN(C)Cc1ccccc1O.C[N+](C)(C)CC1CO1.[Cl-]. The molecule has 1 aromatic rings. The van der Waals surface area contributed by atoms with Gasteiger partial charge >= 0.3 is 0 Å². The fraction of sp³-hybridized carbons (Fsp3) is 0.600. The van der Waals surface area contributed by atoms with E-state index in [0.717, 1.165) is 29.7 Å². The summed E-state index contributed by atoms with van der Waals surface area (Å²) in [6.45, 7) is 2.92.